The Kier molecular flexibility index (Phi) is 9.75. The molecular weight excluding hydrogens is 546 g/mol. The number of morpholine rings is 1. The number of rotatable bonds is 11. The summed E-state index contributed by atoms with van der Waals surface area (Å²) in [7, 11) is 1.36. The molecule has 1 saturated heterocycles. The Hall–Kier alpha value is -4.61. The fraction of sp³-hybridized carbons (Fsp3) is 0.344. The molecule has 4 aromatic rings. The molecule has 1 amide bonds. The van der Waals surface area contributed by atoms with E-state index in [-0.39, 0.29) is 11.9 Å². The van der Waals surface area contributed by atoms with Gasteiger partial charge in [-0.3, -0.25) is 4.79 Å². The van der Waals surface area contributed by atoms with Gasteiger partial charge in [-0.25, -0.2) is 19.7 Å². The quantitative estimate of drug-likeness (QED) is 0.154. The Morgan fingerprint density at radius 2 is 1.86 bits per heavy atom. The summed E-state index contributed by atoms with van der Waals surface area (Å²) in [6, 6.07) is 15.6. The van der Waals surface area contributed by atoms with Crippen LogP contribution in [-0.4, -0.2) is 71.4 Å². The minimum Gasteiger partial charge on any atom is -0.466 e. The number of carbonyl (C=O) groups is 2. The maximum absolute atomic E-state index is 11.6. The zero-order valence-corrected chi connectivity index (χ0v) is 24.8. The second kappa shape index (κ2) is 14.0. The first kappa shape index (κ1) is 29.9. The van der Waals surface area contributed by atoms with Gasteiger partial charge in [-0.15, -0.1) is 0 Å². The van der Waals surface area contributed by atoms with Crippen LogP contribution >= 0.6 is 0 Å². The molecule has 2 aromatic carbocycles. The van der Waals surface area contributed by atoms with E-state index in [2.05, 4.69) is 31.8 Å². The van der Waals surface area contributed by atoms with Crippen molar-refractivity contribution in [3.8, 4) is 11.4 Å². The van der Waals surface area contributed by atoms with Crippen LogP contribution in [0, 0.1) is 0 Å². The lowest BCUT2D eigenvalue weighted by atomic mass is 10.1. The lowest BCUT2D eigenvalue weighted by molar-refractivity contribution is -0.134. The van der Waals surface area contributed by atoms with Gasteiger partial charge in [-0.05, 0) is 36.3 Å². The van der Waals surface area contributed by atoms with Crippen LogP contribution in [0.25, 0.3) is 28.6 Å². The molecule has 3 heterocycles. The maximum Gasteiger partial charge on any atom is 0.330 e. The molecule has 11 heteroatoms. The number of ether oxygens (including phenoxy) is 2. The topological polar surface area (TPSA) is 124 Å². The Balaban J connectivity index is 1.36. The van der Waals surface area contributed by atoms with Gasteiger partial charge in [0.05, 0.1) is 20.3 Å². The van der Waals surface area contributed by atoms with Crippen molar-refractivity contribution >= 4 is 40.6 Å². The summed E-state index contributed by atoms with van der Waals surface area (Å²) in [5, 5.41) is 6.36. The Bertz CT molecular complexity index is 1610. The molecule has 1 fully saturated rings. The third-order valence-corrected chi connectivity index (χ3v) is 7.17. The first-order valence-electron chi connectivity index (χ1n) is 14.5. The fourth-order valence-electron chi connectivity index (χ4n) is 5.03. The number of hydrogen-bond donors (Lipinski definition) is 2. The van der Waals surface area contributed by atoms with Crippen LogP contribution in [0.4, 0.5) is 11.5 Å². The highest BCUT2D eigenvalue weighted by molar-refractivity contribution is 5.90. The van der Waals surface area contributed by atoms with E-state index < -0.39 is 0 Å². The molecule has 1 aliphatic heterocycles. The van der Waals surface area contributed by atoms with Crippen LogP contribution in [0.3, 0.4) is 0 Å². The summed E-state index contributed by atoms with van der Waals surface area (Å²) in [5.41, 5.74) is 5.18. The van der Waals surface area contributed by atoms with Crippen molar-refractivity contribution in [2.45, 2.75) is 33.4 Å². The highest BCUT2D eigenvalue weighted by Crippen LogP contribution is 2.30. The minimum atomic E-state index is -0.376. The molecule has 0 saturated carbocycles. The highest BCUT2D eigenvalue weighted by Gasteiger charge is 2.23. The smallest absolute Gasteiger partial charge is 0.330 e. The number of benzene rings is 2. The van der Waals surface area contributed by atoms with Crippen LogP contribution in [0.15, 0.2) is 54.6 Å². The van der Waals surface area contributed by atoms with Crippen molar-refractivity contribution in [2.75, 3.05) is 50.2 Å². The largest absolute Gasteiger partial charge is 0.466 e. The van der Waals surface area contributed by atoms with E-state index in [0.29, 0.717) is 31.3 Å². The van der Waals surface area contributed by atoms with Crippen molar-refractivity contribution in [1.82, 2.24) is 24.8 Å². The average molecular weight is 584 g/mol. The van der Waals surface area contributed by atoms with Gasteiger partial charge >= 0.3 is 5.97 Å². The standard InChI is InChI=1S/C32H37N7O4/c1-4-39-27(14-15-33-21-24-10-8-23(9-11-24)12-13-28(41)42-3)35-29-31(38-16-18-43-19-17-38)36-30(37-32(29)39)25-6-5-7-26(20-25)34-22(2)40/h5-13,20,33H,4,14-19,21H2,1-3H3,(H,34,40)/b13-12+. The van der Waals surface area contributed by atoms with E-state index in [4.69, 9.17) is 19.7 Å². The molecule has 1 aliphatic rings. The molecule has 0 bridgehead atoms. The highest BCUT2D eigenvalue weighted by atomic mass is 16.5. The number of fused-ring (bicyclic) bond motifs is 1. The first-order valence-corrected chi connectivity index (χ1v) is 14.5. The molecule has 0 radical (unpaired) electrons. The third-order valence-electron chi connectivity index (χ3n) is 7.17. The van der Waals surface area contributed by atoms with Crippen molar-refractivity contribution in [1.29, 1.82) is 0 Å². The zero-order chi connectivity index (χ0) is 30.2. The first-order chi connectivity index (χ1) is 20.9. The van der Waals surface area contributed by atoms with E-state index in [9.17, 15) is 9.59 Å². The molecular formula is C32H37N7O4. The Morgan fingerprint density at radius 3 is 2.58 bits per heavy atom. The van der Waals surface area contributed by atoms with E-state index in [1.54, 1.807) is 6.08 Å². The van der Waals surface area contributed by atoms with Crippen LogP contribution in [0.1, 0.15) is 30.8 Å². The SMILES string of the molecule is CCn1c(CCNCc2ccc(/C=C/C(=O)OC)cc2)nc2c(N3CCOCC3)nc(-c3cccc(NC(C)=O)c3)nc21. The minimum absolute atomic E-state index is 0.130. The molecule has 11 nitrogen and oxygen atoms in total. The number of nitrogens with zero attached hydrogens (tertiary/aromatic N) is 5. The van der Waals surface area contributed by atoms with Gasteiger partial charge in [0.15, 0.2) is 22.8 Å². The molecule has 0 atom stereocenters. The van der Waals surface area contributed by atoms with Gasteiger partial charge < -0.3 is 29.6 Å². The van der Waals surface area contributed by atoms with Crippen LogP contribution in [0.2, 0.25) is 0 Å². The molecule has 0 aliphatic carbocycles. The summed E-state index contributed by atoms with van der Waals surface area (Å²) in [5.74, 6) is 1.83. The molecule has 0 spiro atoms. The summed E-state index contributed by atoms with van der Waals surface area (Å²) >= 11 is 0. The number of carbonyl (C=O) groups excluding carboxylic acids is 2. The number of amides is 1. The fourth-order valence-corrected chi connectivity index (χ4v) is 5.03. The van der Waals surface area contributed by atoms with E-state index in [1.165, 1.54) is 20.1 Å². The molecule has 2 N–H and O–H groups in total. The predicted molar refractivity (Wildman–Crippen MR) is 167 cm³/mol. The third kappa shape index (κ3) is 7.43. The summed E-state index contributed by atoms with van der Waals surface area (Å²) in [6.45, 7) is 8.47. The van der Waals surface area contributed by atoms with Gasteiger partial charge in [-0.1, -0.05) is 36.4 Å². The van der Waals surface area contributed by atoms with Gasteiger partial charge in [0, 0.05) is 63.4 Å². The lowest BCUT2D eigenvalue weighted by Gasteiger charge is -2.28. The van der Waals surface area contributed by atoms with Crippen molar-refractivity contribution < 1.29 is 19.1 Å². The number of hydrogen-bond acceptors (Lipinski definition) is 9. The van der Waals surface area contributed by atoms with Crippen molar-refractivity contribution in [3.63, 3.8) is 0 Å². The van der Waals surface area contributed by atoms with Crippen LogP contribution in [0.5, 0.6) is 0 Å². The molecule has 0 unspecified atom stereocenters. The second-order valence-electron chi connectivity index (χ2n) is 10.2. The van der Waals surface area contributed by atoms with Crippen molar-refractivity contribution in [3.05, 3.63) is 71.6 Å². The van der Waals surface area contributed by atoms with E-state index >= 15 is 0 Å². The molecule has 2 aromatic heterocycles. The van der Waals surface area contributed by atoms with Gasteiger partial charge in [-0.2, -0.15) is 0 Å². The molecule has 5 rings (SSSR count). The average Bonchev–Trinajstić information content (AvgIpc) is 3.39. The van der Waals surface area contributed by atoms with Gasteiger partial charge in [0.2, 0.25) is 5.91 Å². The summed E-state index contributed by atoms with van der Waals surface area (Å²) in [6.07, 6.45) is 3.87. The number of aryl methyl sites for hydroxylation is 1. The normalized spacial score (nSPS) is 13.5. The number of methoxy groups -OCH3 is 1. The molecule has 224 valence electrons. The number of imidazole rings is 1. The monoisotopic (exact) mass is 583 g/mol. The maximum atomic E-state index is 11.6. The lowest BCUT2D eigenvalue weighted by Crippen LogP contribution is -2.37. The van der Waals surface area contributed by atoms with Crippen LogP contribution in [-0.2, 0) is 38.6 Å². The van der Waals surface area contributed by atoms with Crippen LogP contribution < -0.4 is 15.5 Å². The van der Waals surface area contributed by atoms with Gasteiger partial charge in [0.1, 0.15) is 5.82 Å². The number of aromatic nitrogens is 4. The predicted octanol–water partition coefficient (Wildman–Crippen LogP) is 3.83. The Labute approximate surface area is 250 Å². The molecule has 43 heavy (non-hydrogen) atoms. The van der Waals surface area contributed by atoms with E-state index in [1.807, 2.05) is 48.5 Å². The second-order valence-corrected chi connectivity index (χ2v) is 10.2. The number of nitrogens with one attached hydrogen (secondary N) is 2. The zero-order valence-electron chi connectivity index (χ0n) is 24.8. The van der Waals surface area contributed by atoms with Crippen molar-refractivity contribution in [2.24, 2.45) is 0 Å². The number of anilines is 2. The Morgan fingerprint density at radius 1 is 1.07 bits per heavy atom. The number of esters is 1. The summed E-state index contributed by atoms with van der Waals surface area (Å²) in [4.78, 5) is 40.2. The summed E-state index contributed by atoms with van der Waals surface area (Å²) < 4.78 is 12.4. The van der Waals surface area contributed by atoms with Gasteiger partial charge in [0.25, 0.3) is 0 Å². The van der Waals surface area contributed by atoms with E-state index in [0.717, 1.165) is 72.1 Å².